The molecule has 0 aliphatic carbocycles. The van der Waals surface area contributed by atoms with Gasteiger partial charge in [-0.2, -0.15) is 4.68 Å². The lowest BCUT2D eigenvalue weighted by molar-refractivity contribution is 0.627. The summed E-state index contributed by atoms with van der Waals surface area (Å²) >= 11 is 0. The number of aromatic nitrogens is 4. The molecular weight excluding hydrogens is 242 g/mol. The summed E-state index contributed by atoms with van der Waals surface area (Å²) in [5, 5.41) is 3.04. The Morgan fingerprint density at radius 1 is 1.37 bits per heavy atom. The molecule has 19 heavy (non-hydrogen) atoms. The molecule has 0 fully saturated rings. The van der Waals surface area contributed by atoms with E-state index in [4.69, 9.17) is 5.73 Å². The van der Waals surface area contributed by atoms with Gasteiger partial charge in [0.15, 0.2) is 5.82 Å². The second-order valence-corrected chi connectivity index (χ2v) is 5.16. The Balaban J connectivity index is 2.54. The first kappa shape index (κ1) is 13.3. The minimum Gasteiger partial charge on any atom is -0.393 e. The van der Waals surface area contributed by atoms with Crippen LogP contribution in [0.2, 0.25) is 0 Å². The summed E-state index contributed by atoms with van der Waals surface area (Å²) in [5.41, 5.74) is 7.44. The van der Waals surface area contributed by atoms with E-state index in [-0.39, 0.29) is 11.2 Å². The number of aromatic amines is 1. The number of nitrogens with zero attached hydrogens (tertiary/aromatic N) is 3. The van der Waals surface area contributed by atoms with Gasteiger partial charge < -0.3 is 5.73 Å². The molecule has 0 saturated carbocycles. The lowest BCUT2D eigenvalue weighted by Crippen LogP contribution is -2.18. The molecule has 0 spiro atoms. The first-order chi connectivity index (χ1) is 8.88. The Bertz CT molecular complexity index is 633. The van der Waals surface area contributed by atoms with Gasteiger partial charge in [-0.1, -0.05) is 13.8 Å². The van der Waals surface area contributed by atoms with Gasteiger partial charge in [-0.3, -0.25) is 9.89 Å². The molecule has 2 rings (SSSR count). The van der Waals surface area contributed by atoms with Crippen molar-refractivity contribution in [3.63, 3.8) is 0 Å². The maximum Gasteiger partial charge on any atom is 0.296 e. The molecule has 6 heteroatoms. The van der Waals surface area contributed by atoms with Crippen molar-refractivity contribution in [3.8, 4) is 5.82 Å². The number of nitrogens with one attached hydrogen (secondary N) is 1. The number of anilines is 1. The number of hydrogen-bond acceptors (Lipinski definition) is 4. The summed E-state index contributed by atoms with van der Waals surface area (Å²) < 4.78 is 1.38. The predicted molar refractivity (Wildman–Crippen MR) is 74.4 cm³/mol. The highest BCUT2D eigenvalue weighted by atomic mass is 16.1. The van der Waals surface area contributed by atoms with Crippen molar-refractivity contribution in [2.24, 2.45) is 5.92 Å². The van der Waals surface area contributed by atoms with Crippen LogP contribution < -0.4 is 11.3 Å². The van der Waals surface area contributed by atoms with Gasteiger partial charge >= 0.3 is 0 Å². The van der Waals surface area contributed by atoms with Gasteiger partial charge in [-0.25, -0.2) is 9.97 Å². The van der Waals surface area contributed by atoms with Gasteiger partial charge in [0.05, 0.1) is 5.69 Å². The van der Waals surface area contributed by atoms with Crippen molar-refractivity contribution < 1.29 is 0 Å². The molecule has 6 nitrogen and oxygen atoms in total. The van der Waals surface area contributed by atoms with Crippen LogP contribution in [-0.2, 0) is 6.42 Å². The number of aryl methyl sites for hydroxylation is 2. The first-order valence-electron chi connectivity index (χ1n) is 6.30. The Labute approximate surface area is 111 Å². The Kier molecular flexibility index (Phi) is 3.42. The zero-order valence-corrected chi connectivity index (χ0v) is 11.7. The van der Waals surface area contributed by atoms with Crippen LogP contribution in [0.25, 0.3) is 5.82 Å². The maximum absolute atomic E-state index is 12.1. The molecule has 0 bridgehead atoms. The van der Waals surface area contributed by atoms with Gasteiger partial charge in [0, 0.05) is 11.8 Å². The molecule has 3 N–H and O–H groups in total. The normalized spacial score (nSPS) is 11.2. The molecule has 0 aliphatic heterocycles. The summed E-state index contributed by atoms with van der Waals surface area (Å²) in [7, 11) is 0. The highest BCUT2D eigenvalue weighted by Gasteiger charge is 2.14. The van der Waals surface area contributed by atoms with E-state index in [9.17, 15) is 4.79 Å². The number of hydrogen-bond donors (Lipinski definition) is 2. The Hall–Kier alpha value is -2.11. The zero-order valence-electron chi connectivity index (χ0n) is 11.7. The molecule has 0 atom stereocenters. The zero-order chi connectivity index (χ0) is 14.2. The van der Waals surface area contributed by atoms with Crippen LogP contribution in [0.15, 0.2) is 10.9 Å². The van der Waals surface area contributed by atoms with Crippen LogP contribution >= 0.6 is 0 Å². The summed E-state index contributed by atoms with van der Waals surface area (Å²) in [6.45, 7) is 7.82. The number of rotatable bonds is 3. The fourth-order valence-electron chi connectivity index (χ4n) is 2.03. The van der Waals surface area contributed by atoms with Crippen LogP contribution in [0.1, 0.15) is 31.1 Å². The molecule has 0 saturated heterocycles. The number of nitrogen functional groups attached to an aromatic ring is 1. The van der Waals surface area contributed by atoms with Crippen LogP contribution in [0.3, 0.4) is 0 Å². The predicted octanol–water partition coefficient (Wildman–Crippen LogP) is 1.35. The van der Waals surface area contributed by atoms with Crippen molar-refractivity contribution in [3.05, 3.63) is 33.6 Å². The van der Waals surface area contributed by atoms with Gasteiger partial charge in [0.25, 0.3) is 5.56 Å². The summed E-state index contributed by atoms with van der Waals surface area (Å²) in [4.78, 5) is 20.6. The smallest absolute Gasteiger partial charge is 0.296 e. The highest BCUT2D eigenvalue weighted by Crippen LogP contribution is 2.12. The summed E-state index contributed by atoms with van der Waals surface area (Å²) in [6.07, 6.45) is 0.733. The van der Waals surface area contributed by atoms with Crippen LogP contribution in [0.4, 0.5) is 5.69 Å². The number of nitrogens with two attached hydrogens (primary N) is 1. The SMILES string of the molecule is Cc1cc(-n2[nH]c(CC(C)C)c(N)c2=O)nc(C)n1. The van der Waals surface area contributed by atoms with Crippen LogP contribution in [0, 0.1) is 19.8 Å². The van der Waals surface area contributed by atoms with Crippen molar-refractivity contribution in [1.29, 1.82) is 0 Å². The van der Waals surface area contributed by atoms with Gasteiger partial charge in [0.2, 0.25) is 0 Å². The molecule has 0 amide bonds. The van der Waals surface area contributed by atoms with Crippen LogP contribution in [-0.4, -0.2) is 19.7 Å². The second-order valence-electron chi connectivity index (χ2n) is 5.16. The van der Waals surface area contributed by atoms with Crippen molar-refractivity contribution in [2.75, 3.05) is 5.73 Å². The molecular formula is C13H19N5O. The molecule has 2 heterocycles. The summed E-state index contributed by atoms with van der Waals surface area (Å²) in [6, 6.07) is 1.75. The third kappa shape index (κ3) is 2.67. The fourth-order valence-corrected chi connectivity index (χ4v) is 2.03. The third-order valence-electron chi connectivity index (χ3n) is 2.80. The van der Waals surface area contributed by atoms with E-state index in [0.717, 1.165) is 17.8 Å². The highest BCUT2D eigenvalue weighted by molar-refractivity contribution is 5.43. The van der Waals surface area contributed by atoms with E-state index in [0.29, 0.717) is 17.6 Å². The largest absolute Gasteiger partial charge is 0.393 e. The maximum atomic E-state index is 12.1. The van der Waals surface area contributed by atoms with E-state index < -0.39 is 0 Å². The van der Waals surface area contributed by atoms with Gasteiger partial charge in [0.1, 0.15) is 11.5 Å². The molecule has 2 aromatic rings. The Morgan fingerprint density at radius 3 is 2.63 bits per heavy atom. The molecule has 102 valence electrons. The van der Waals surface area contributed by atoms with E-state index in [2.05, 4.69) is 28.9 Å². The average molecular weight is 261 g/mol. The minimum absolute atomic E-state index is 0.256. The number of H-pyrrole nitrogens is 1. The molecule has 0 radical (unpaired) electrons. The molecule has 0 aromatic carbocycles. The minimum atomic E-state index is -0.256. The van der Waals surface area contributed by atoms with E-state index in [1.807, 2.05) is 6.92 Å². The van der Waals surface area contributed by atoms with Gasteiger partial charge in [-0.05, 0) is 26.2 Å². The van der Waals surface area contributed by atoms with Crippen molar-refractivity contribution in [1.82, 2.24) is 19.7 Å². The topological polar surface area (TPSA) is 89.6 Å². The Morgan fingerprint density at radius 2 is 2.05 bits per heavy atom. The average Bonchev–Trinajstić information content (AvgIpc) is 2.55. The van der Waals surface area contributed by atoms with E-state index >= 15 is 0 Å². The third-order valence-corrected chi connectivity index (χ3v) is 2.80. The molecule has 0 aliphatic rings. The van der Waals surface area contributed by atoms with E-state index in [1.165, 1.54) is 4.68 Å². The second kappa shape index (κ2) is 4.87. The lowest BCUT2D eigenvalue weighted by atomic mass is 10.1. The monoisotopic (exact) mass is 261 g/mol. The first-order valence-corrected chi connectivity index (χ1v) is 6.30. The van der Waals surface area contributed by atoms with Crippen molar-refractivity contribution in [2.45, 2.75) is 34.1 Å². The van der Waals surface area contributed by atoms with Crippen molar-refractivity contribution >= 4 is 5.69 Å². The van der Waals surface area contributed by atoms with Gasteiger partial charge in [-0.15, -0.1) is 0 Å². The molecule has 0 unspecified atom stereocenters. The van der Waals surface area contributed by atoms with E-state index in [1.54, 1.807) is 13.0 Å². The lowest BCUT2D eigenvalue weighted by Gasteiger charge is -2.04. The fraction of sp³-hybridized carbons (Fsp3) is 0.462. The summed E-state index contributed by atoms with van der Waals surface area (Å²) in [5.74, 6) is 1.57. The quantitative estimate of drug-likeness (QED) is 0.872. The van der Waals surface area contributed by atoms with Crippen LogP contribution in [0.5, 0.6) is 0 Å². The standard InChI is InChI=1S/C13H19N5O/c1-7(2)5-10-12(14)13(19)18(17-10)11-6-8(3)15-9(4)16-11/h6-7,17H,5,14H2,1-4H3. The molecule has 2 aromatic heterocycles.